The minimum atomic E-state index is -0.415. The van der Waals surface area contributed by atoms with Crippen LogP contribution in [0.25, 0.3) is 10.9 Å². The van der Waals surface area contributed by atoms with Gasteiger partial charge >= 0.3 is 0 Å². The first-order valence-electron chi connectivity index (χ1n) is 8.37. The van der Waals surface area contributed by atoms with Crippen molar-refractivity contribution in [3.05, 3.63) is 30.6 Å². The van der Waals surface area contributed by atoms with E-state index in [9.17, 15) is 0 Å². The number of hydrogen-bond donors (Lipinski definition) is 1. The Morgan fingerprint density at radius 1 is 1.17 bits per heavy atom. The predicted molar refractivity (Wildman–Crippen MR) is 87.8 cm³/mol. The minimum Gasteiger partial charge on any atom is -0.335 e. The molecular formula is C17H21N5O. The van der Waals surface area contributed by atoms with Crippen molar-refractivity contribution in [3.8, 4) is 0 Å². The van der Waals surface area contributed by atoms with Crippen LogP contribution in [-0.2, 0) is 4.74 Å². The van der Waals surface area contributed by atoms with E-state index in [0.717, 1.165) is 29.8 Å². The maximum absolute atomic E-state index is 6.33. The molecule has 6 heterocycles. The Bertz CT molecular complexity index is 745. The van der Waals surface area contributed by atoms with Gasteiger partial charge in [0, 0.05) is 24.3 Å². The zero-order valence-electron chi connectivity index (χ0n) is 13.1. The van der Waals surface area contributed by atoms with Gasteiger partial charge in [0.2, 0.25) is 0 Å². The molecule has 0 radical (unpaired) electrons. The van der Waals surface area contributed by atoms with E-state index in [4.69, 9.17) is 15.5 Å². The predicted octanol–water partition coefficient (Wildman–Crippen LogP) is 1.17. The number of nitrogens with two attached hydrogens (primary N) is 1. The second-order valence-corrected chi connectivity index (χ2v) is 6.99. The van der Waals surface area contributed by atoms with Crippen molar-refractivity contribution in [1.82, 2.24) is 14.9 Å². The Balaban J connectivity index is 1.48. The van der Waals surface area contributed by atoms with Crippen molar-refractivity contribution in [2.24, 2.45) is 11.7 Å². The van der Waals surface area contributed by atoms with E-state index < -0.39 is 6.35 Å². The average molecular weight is 311 g/mol. The van der Waals surface area contributed by atoms with E-state index in [1.165, 1.54) is 25.9 Å². The molecule has 6 rings (SSSR count). The van der Waals surface area contributed by atoms with Gasteiger partial charge in [-0.05, 0) is 50.0 Å². The SMILES string of the molecule is NC1OC2(CN3CCC2CC3)CN1c1ccc2cnccc2n1. The highest BCUT2D eigenvalue weighted by atomic mass is 16.6. The number of pyridine rings is 2. The zero-order chi connectivity index (χ0) is 15.4. The largest absolute Gasteiger partial charge is 0.335 e. The minimum absolute atomic E-state index is 0.120. The highest BCUT2D eigenvalue weighted by molar-refractivity contribution is 5.79. The fourth-order valence-electron chi connectivity index (χ4n) is 4.48. The summed E-state index contributed by atoms with van der Waals surface area (Å²) in [6, 6.07) is 6.01. The highest BCUT2D eigenvalue weighted by Gasteiger charge is 2.54. The Labute approximate surface area is 135 Å². The molecule has 0 aliphatic carbocycles. The van der Waals surface area contributed by atoms with Crippen LogP contribution in [0.1, 0.15) is 12.8 Å². The third kappa shape index (κ3) is 2.06. The maximum atomic E-state index is 6.33. The van der Waals surface area contributed by atoms with E-state index in [1.807, 2.05) is 18.3 Å². The number of hydrogen-bond acceptors (Lipinski definition) is 6. The second kappa shape index (κ2) is 4.87. The lowest BCUT2D eigenvalue weighted by Gasteiger charge is -2.50. The zero-order valence-corrected chi connectivity index (χ0v) is 13.1. The first kappa shape index (κ1) is 13.7. The van der Waals surface area contributed by atoms with Crippen molar-refractivity contribution >= 4 is 16.7 Å². The molecule has 2 aromatic rings. The van der Waals surface area contributed by atoms with Crippen LogP contribution in [0, 0.1) is 5.92 Å². The van der Waals surface area contributed by atoms with Crippen LogP contribution >= 0.6 is 0 Å². The van der Waals surface area contributed by atoms with Gasteiger partial charge in [-0.3, -0.25) is 10.7 Å². The van der Waals surface area contributed by atoms with E-state index in [0.29, 0.717) is 5.92 Å². The molecular weight excluding hydrogens is 290 g/mol. The summed E-state index contributed by atoms with van der Waals surface area (Å²) in [5.74, 6) is 1.51. The monoisotopic (exact) mass is 311 g/mol. The summed E-state index contributed by atoms with van der Waals surface area (Å²) in [7, 11) is 0. The Hall–Kier alpha value is -1.76. The molecule has 2 aromatic heterocycles. The van der Waals surface area contributed by atoms with Gasteiger partial charge in [-0.1, -0.05) is 0 Å². The van der Waals surface area contributed by atoms with Crippen LogP contribution in [0.2, 0.25) is 0 Å². The molecule has 4 fully saturated rings. The molecule has 4 aliphatic heterocycles. The number of ether oxygens (including phenoxy) is 1. The molecule has 4 aliphatic rings. The molecule has 4 saturated heterocycles. The number of aromatic nitrogens is 2. The highest BCUT2D eigenvalue weighted by Crippen LogP contribution is 2.43. The molecule has 0 aromatic carbocycles. The fourth-order valence-corrected chi connectivity index (χ4v) is 4.48. The normalized spacial score (nSPS) is 36.2. The quantitative estimate of drug-likeness (QED) is 0.853. The third-order valence-electron chi connectivity index (χ3n) is 5.69. The molecule has 2 atom stereocenters. The van der Waals surface area contributed by atoms with Crippen LogP contribution in [0.4, 0.5) is 5.82 Å². The molecule has 120 valence electrons. The van der Waals surface area contributed by atoms with Crippen molar-refractivity contribution in [2.45, 2.75) is 24.8 Å². The van der Waals surface area contributed by atoms with Crippen LogP contribution < -0.4 is 10.6 Å². The molecule has 6 heteroatoms. The molecule has 1 spiro atoms. The molecule has 2 N–H and O–H groups in total. The molecule has 2 bridgehead atoms. The van der Waals surface area contributed by atoms with Gasteiger partial charge in [0.1, 0.15) is 11.4 Å². The van der Waals surface area contributed by atoms with E-state index in [1.54, 1.807) is 6.20 Å². The van der Waals surface area contributed by atoms with Gasteiger partial charge in [0.15, 0.2) is 6.35 Å². The Morgan fingerprint density at radius 3 is 2.83 bits per heavy atom. The lowest BCUT2D eigenvalue weighted by atomic mass is 9.75. The van der Waals surface area contributed by atoms with Gasteiger partial charge in [0.05, 0.1) is 12.1 Å². The van der Waals surface area contributed by atoms with Crippen LogP contribution in [0.3, 0.4) is 0 Å². The van der Waals surface area contributed by atoms with E-state index >= 15 is 0 Å². The third-order valence-corrected chi connectivity index (χ3v) is 5.69. The van der Waals surface area contributed by atoms with Gasteiger partial charge < -0.3 is 14.5 Å². The number of anilines is 1. The standard InChI is InChI=1S/C17H21N5O/c18-16-22(15-2-1-12-9-19-6-3-14(12)20-15)11-17(23-16)10-21-7-4-13(17)5-8-21/h1-3,6,9,13,16H,4-5,7-8,10-11,18H2. The van der Waals surface area contributed by atoms with E-state index in [2.05, 4.69) is 20.9 Å². The molecule has 0 saturated carbocycles. The summed E-state index contributed by atoms with van der Waals surface area (Å²) in [6.07, 6.45) is 5.63. The first-order chi connectivity index (χ1) is 11.2. The van der Waals surface area contributed by atoms with Gasteiger partial charge in [-0.15, -0.1) is 0 Å². The van der Waals surface area contributed by atoms with Crippen molar-refractivity contribution in [1.29, 1.82) is 0 Å². The van der Waals surface area contributed by atoms with Crippen LogP contribution in [-0.4, -0.2) is 53.0 Å². The lowest BCUT2D eigenvalue weighted by Crippen LogP contribution is -2.61. The van der Waals surface area contributed by atoms with Gasteiger partial charge in [-0.2, -0.15) is 0 Å². The molecule has 0 amide bonds. The number of rotatable bonds is 1. The average Bonchev–Trinajstić information content (AvgIpc) is 2.91. The van der Waals surface area contributed by atoms with E-state index in [-0.39, 0.29) is 5.60 Å². The number of piperidine rings is 3. The summed E-state index contributed by atoms with van der Waals surface area (Å²) in [5, 5.41) is 1.04. The molecule has 6 nitrogen and oxygen atoms in total. The smallest absolute Gasteiger partial charge is 0.186 e. The summed E-state index contributed by atoms with van der Waals surface area (Å²) in [6.45, 7) is 4.23. The number of nitrogens with zero attached hydrogens (tertiary/aromatic N) is 4. The van der Waals surface area contributed by atoms with Crippen molar-refractivity contribution in [3.63, 3.8) is 0 Å². The van der Waals surface area contributed by atoms with Crippen LogP contribution in [0.5, 0.6) is 0 Å². The van der Waals surface area contributed by atoms with Crippen molar-refractivity contribution in [2.75, 3.05) is 31.1 Å². The lowest BCUT2D eigenvalue weighted by molar-refractivity contribution is -0.137. The summed E-state index contributed by atoms with van der Waals surface area (Å²) in [4.78, 5) is 13.5. The first-order valence-corrected chi connectivity index (χ1v) is 8.37. The Morgan fingerprint density at radius 2 is 2.04 bits per heavy atom. The van der Waals surface area contributed by atoms with Gasteiger partial charge in [0.25, 0.3) is 0 Å². The second-order valence-electron chi connectivity index (χ2n) is 6.99. The number of fused-ring (bicyclic) bond motifs is 3. The Kier molecular flexibility index (Phi) is 2.89. The van der Waals surface area contributed by atoms with Crippen molar-refractivity contribution < 1.29 is 4.74 Å². The topological polar surface area (TPSA) is 67.5 Å². The molecule has 23 heavy (non-hydrogen) atoms. The fraction of sp³-hybridized carbons (Fsp3) is 0.529. The summed E-state index contributed by atoms with van der Waals surface area (Å²) in [5.41, 5.74) is 7.15. The molecule has 2 unspecified atom stereocenters. The van der Waals surface area contributed by atoms with Gasteiger partial charge in [-0.25, -0.2) is 4.98 Å². The van der Waals surface area contributed by atoms with Crippen LogP contribution in [0.15, 0.2) is 30.6 Å². The summed E-state index contributed by atoms with van der Waals surface area (Å²) >= 11 is 0. The maximum Gasteiger partial charge on any atom is 0.186 e. The summed E-state index contributed by atoms with van der Waals surface area (Å²) < 4.78 is 6.31.